The maximum absolute atomic E-state index is 5.82. The zero-order valence-corrected chi connectivity index (χ0v) is 12.0. The van der Waals surface area contributed by atoms with Gasteiger partial charge in [0.25, 0.3) is 0 Å². The topological polar surface area (TPSA) is 26.0 Å². The Balaban J connectivity index is 1.52. The van der Waals surface area contributed by atoms with Gasteiger partial charge in [-0.1, -0.05) is 0 Å². The summed E-state index contributed by atoms with van der Waals surface area (Å²) in [4.78, 5) is 0. The summed E-state index contributed by atoms with van der Waals surface area (Å²) < 4.78 is 0. The molecule has 1 atom stereocenters. The lowest BCUT2D eigenvalue weighted by molar-refractivity contribution is -0.0538. The molecule has 1 unspecified atom stereocenters. The SMILES string of the molecule is CC(N)CSCCC12CC3CC(CC(C3)C1)C2. The van der Waals surface area contributed by atoms with Crippen molar-refractivity contribution in [3.8, 4) is 0 Å². The van der Waals surface area contributed by atoms with Gasteiger partial charge in [0.05, 0.1) is 0 Å². The van der Waals surface area contributed by atoms with E-state index < -0.39 is 0 Å². The molecular formula is C15H27NS. The van der Waals surface area contributed by atoms with Crippen LogP contribution in [0.3, 0.4) is 0 Å². The van der Waals surface area contributed by atoms with E-state index in [0.717, 1.165) is 28.9 Å². The summed E-state index contributed by atoms with van der Waals surface area (Å²) in [6.07, 6.45) is 10.9. The fourth-order valence-electron chi connectivity index (χ4n) is 5.15. The van der Waals surface area contributed by atoms with E-state index in [1.807, 2.05) is 0 Å². The largest absolute Gasteiger partial charge is 0.327 e. The van der Waals surface area contributed by atoms with Crippen LogP contribution in [0.25, 0.3) is 0 Å². The first-order valence-electron chi connectivity index (χ1n) is 7.48. The van der Waals surface area contributed by atoms with Crippen molar-refractivity contribution in [3.05, 3.63) is 0 Å². The fraction of sp³-hybridized carbons (Fsp3) is 1.00. The molecule has 0 aliphatic heterocycles. The number of hydrogen-bond donors (Lipinski definition) is 1. The molecule has 0 spiro atoms. The smallest absolute Gasteiger partial charge is 0.0101 e. The first-order valence-corrected chi connectivity index (χ1v) is 8.64. The van der Waals surface area contributed by atoms with Gasteiger partial charge >= 0.3 is 0 Å². The van der Waals surface area contributed by atoms with Crippen molar-refractivity contribution in [1.82, 2.24) is 0 Å². The summed E-state index contributed by atoms with van der Waals surface area (Å²) in [6.45, 7) is 2.12. The average molecular weight is 253 g/mol. The highest BCUT2D eigenvalue weighted by Gasteiger charge is 2.50. The van der Waals surface area contributed by atoms with E-state index in [9.17, 15) is 0 Å². The lowest BCUT2D eigenvalue weighted by Crippen LogP contribution is -2.46. The summed E-state index contributed by atoms with van der Waals surface area (Å²) in [6, 6.07) is 0.372. The van der Waals surface area contributed by atoms with Crippen LogP contribution >= 0.6 is 11.8 Å². The van der Waals surface area contributed by atoms with Crippen LogP contribution in [0.15, 0.2) is 0 Å². The quantitative estimate of drug-likeness (QED) is 0.757. The standard InChI is InChI=1S/C15H27NS/c1-11(16)10-17-3-2-15-7-12-4-13(8-15)6-14(5-12)9-15/h11-14H,2-10,16H2,1H3. The van der Waals surface area contributed by atoms with E-state index in [4.69, 9.17) is 5.73 Å². The monoisotopic (exact) mass is 253 g/mol. The van der Waals surface area contributed by atoms with Crippen molar-refractivity contribution in [2.24, 2.45) is 28.9 Å². The lowest BCUT2D eigenvalue weighted by Gasteiger charge is -2.57. The molecule has 0 aromatic carbocycles. The van der Waals surface area contributed by atoms with E-state index in [2.05, 4.69) is 18.7 Å². The molecule has 0 amide bonds. The van der Waals surface area contributed by atoms with Crippen LogP contribution in [0, 0.1) is 23.2 Å². The van der Waals surface area contributed by atoms with Gasteiger partial charge in [-0.2, -0.15) is 11.8 Å². The average Bonchev–Trinajstić information content (AvgIpc) is 2.22. The van der Waals surface area contributed by atoms with Crippen molar-refractivity contribution in [2.75, 3.05) is 11.5 Å². The number of thioether (sulfide) groups is 1. The second-order valence-corrected chi connectivity index (χ2v) is 8.37. The third-order valence-corrected chi connectivity index (χ3v) is 6.58. The summed E-state index contributed by atoms with van der Waals surface area (Å²) in [7, 11) is 0. The van der Waals surface area contributed by atoms with Gasteiger partial charge in [0.2, 0.25) is 0 Å². The van der Waals surface area contributed by atoms with Crippen LogP contribution < -0.4 is 5.73 Å². The van der Waals surface area contributed by atoms with Gasteiger partial charge < -0.3 is 5.73 Å². The normalized spacial score (nSPS) is 45.2. The molecule has 0 radical (unpaired) electrons. The Labute approximate surface area is 110 Å². The third-order valence-electron chi connectivity index (χ3n) is 5.32. The Hall–Kier alpha value is 0.310. The third kappa shape index (κ3) is 2.68. The van der Waals surface area contributed by atoms with Crippen molar-refractivity contribution in [3.63, 3.8) is 0 Å². The number of rotatable bonds is 5. The van der Waals surface area contributed by atoms with Crippen LogP contribution in [0.1, 0.15) is 51.9 Å². The molecule has 17 heavy (non-hydrogen) atoms. The Morgan fingerprint density at radius 3 is 2.12 bits per heavy atom. The van der Waals surface area contributed by atoms with Gasteiger partial charge in [0, 0.05) is 11.8 Å². The fourth-order valence-corrected chi connectivity index (χ4v) is 6.27. The summed E-state index contributed by atoms with van der Waals surface area (Å²) in [5.41, 5.74) is 6.60. The van der Waals surface area contributed by atoms with E-state index in [-0.39, 0.29) is 0 Å². The minimum atomic E-state index is 0.372. The Kier molecular flexibility index (Phi) is 3.47. The summed E-state index contributed by atoms with van der Waals surface area (Å²) in [5, 5.41) is 0. The molecule has 4 rings (SSSR count). The number of hydrogen-bond acceptors (Lipinski definition) is 2. The lowest BCUT2D eigenvalue weighted by atomic mass is 9.49. The minimum absolute atomic E-state index is 0.372. The molecule has 0 heterocycles. The van der Waals surface area contributed by atoms with Crippen LogP contribution in [-0.4, -0.2) is 17.5 Å². The first-order chi connectivity index (χ1) is 8.15. The summed E-state index contributed by atoms with van der Waals surface area (Å²) >= 11 is 2.09. The Morgan fingerprint density at radius 2 is 1.65 bits per heavy atom. The van der Waals surface area contributed by atoms with Crippen LogP contribution in [0.4, 0.5) is 0 Å². The van der Waals surface area contributed by atoms with Crippen LogP contribution in [0.5, 0.6) is 0 Å². The number of nitrogens with two attached hydrogens (primary N) is 1. The maximum atomic E-state index is 5.82. The predicted molar refractivity (Wildman–Crippen MR) is 76.2 cm³/mol. The van der Waals surface area contributed by atoms with Gasteiger partial charge in [0.15, 0.2) is 0 Å². The highest BCUT2D eigenvalue weighted by atomic mass is 32.2. The molecule has 4 fully saturated rings. The van der Waals surface area contributed by atoms with Gasteiger partial charge in [-0.3, -0.25) is 0 Å². The second-order valence-electron chi connectivity index (χ2n) is 7.22. The Morgan fingerprint density at radius 1 is 1.12 bits per heavy atom. The molecule has 4 aliphatic carbocycles. The maximum Gasteiger partial charge on any atom is 0.0101 e. The van der Waals surface area contributed by atoms with Crippen molar-refractivity contribution in [2.45, 2.75) is 57.9 Å². The molecule has 4 bridgehead atoms. The van der Waals surface area contributed by atoms with Crippen LogP contribution in [-0.2, 0) is 0 Å². The first kappa shape index (κ1) is 12.3. The molecule has 0 aromatic rings. The molecule has 0 aromatic heterocycles. The van der Waals surface area contributed by atoms with Gasteiger partial charge in [0.1, 0.15) is 0 Å². The van der Waals surface area contributed by atoms with Crippen molar-refractivity contribution >= 4 is 11.8 Å². The zero-order valence-electron chi connectivity index (χ0n) is 11.2. The van der Waals surface area contributed by atoms with E-state index in [0.29, 0.717) is 6.04 Å². The predicted octanol–water partition coefficient (Wildman–Crippen LogP) is 3.67. The van der Waals surface area contributed by atoms with E-state index >= 15 is 0 Å². The molecule has 2 N–H and O–H groups in total. The second kappa shape index (κ2) is 4.77. The molecule has 0 saturated heterocycles. The van der Waals surface area contributed by atoms with Gasteiger partial charge in [-0.25, -0.2) is 0 Å². The molecule has 2 heteroatoms. The zero-order chi connectivity index (χ0) is 11.9. The van der Waals surface area contributed by atoms with Gasteiger partial charge in [-0.05, 0) is 80.8 Å². The van der Waals surface area contributed by atoms with E-state index in [1.165, 1.54) is 12.2 Å². The minimum Gasteiger partial charge on any atom is -0.327 e. The highest BCUT2D eigenvalue weighted by Crippen LogP contribution is 2.61. The molecule has 4 saturated carbocycles. The van der Waals surface area contributed by atoms with Crippen molar-refractivity contribution in [1.29, 1.82) is 0 Å². The van der Waals surface area contributed by atoms with E-state index in [1.54, 1.807) is 38.5 Å². The van der Waals surface area contributed by atoms with Crippen molar-refractivity contribution < 1.29 is 0 Å². The summed E-state index contributed by atoms with van der Waals surface area (Å²) in [5.74, 6) is 5.83. The molecule has 4 aliphatic rings. The van der Waals surface area contributed by atoms with Gasteiger partial charge in [-0.15, -0.1) is 0 Å². The Bertz CT molecular complexity index is 239. The molecule has 1 nitrogen and oxygen atoms in total. The highest BCUT2D eigenvalue weighted by molar-refractivity contribution is 7.99. The van der Waals surface area contributed by atoms with Crippen LogP contribution in [0.2, 0.25) is 0 Å². The molecular weight excluding hydrogens is 226 g/mol. The molecule has 98 valence electrons.